The Morgan fingerprint density at radius 2 is 1.88 bits per heavy atom. The van der Waals surface area contributed by atoms with Crippen molar-refractivity contribution < 1.29 is 22.7 Å². The van der Waals surface area contributed by atoms with Crippen LogP contribution in [-0.4, -0.2) is 54.2 Å². The van der Waals surface area contributed by atoms with Gasteiger partial charge >= 0.3 is 0 Å². The minimum atomic E-state index is -3.59. The standard InChI is InChI=1S/C21H17ClN4O5S2/c1-33(28,29)21-25-26-18(23)15(19(27)24-20(26)32-21)11-13-7-8-17(16(22)12-13)31-10-9-30-14-5-3-2-4-6-14/h2-8,11-12,23H,9-10H2,1H3/b15-11-,23-18?. The highest BCUT2D eigenvalue weighted by Crippen LogP contribution is 2.31. The lowest BCUT2D eigenvalue weighted by Crippen LogP contribution is -2.35. The van der Waals surface area contributed by atoms with E-state index >= 15 is 0 Å². The summed E-state index contributed by atoms with van der Waals surface area (Å²) >= 11 is 7.04. The van der Waals surface area contributed by atoms with E-state index in [2.05, 4.69) is 10.1 Å². The first-order valence-corrected chi connectivity index (χ1v) is 12.6. The quantitative estimate of drug-likeness (QED) is 0.472. The Balaban J connectivity index is 1.45. The number of nitrogens with one attached hydrogen (secondary N) is 1. The third kappa shape index (κ3) is 5.27. The summed E-state index contributed by atoms with van der Waals surface area (Å²) in [6, 6.07) is 14.3. The van der Waals surface area contributed by atoms with Gasteiger partial charge in [0.15, 0.2) is 5.84 Å². The number of halogens is 1. The SMILES string of the molecule is CS(=O)(=O)C1=NN2C(=N)/C(=C/c3ccc(OCCOc4ccccc4)c(Cl)c3)C(=O)N=C2S1. The Morgan fingerprint density at radius 3 is 2.58 bits per heavy atom. The van der Waals surface area contributed by atoms with Gasteiger partial charge in [-0.3, -0.25) is 10.2 Å². The van der Waals surface area contributed by atoms with Crippen molar-refractivity contribution in [3.63, 3.8) is 0 Å². The number of sulfone groups is 1. The number of amides is 1. The molecule has 4 rings (SSSR count). The van der Waals surface area contributed by atoms with Gasteiger partial charge in [-0.25, -0.2) is 8.42 Å². The first-order chi connectivity index (χ1) is 15.7. The van der Waals surface area contributed by atoms with E-state index in [4.69, 9.17) is 26.5 Å². The lowest BCUT2D eigenvalue weighted by Gasteiger charge is -2.20. The maximum absolute atomic E-state index is 12.4. The van der Waals surface area contributed by atoms with Gasteiger partial charge < -0.3 is 9.47 Å². The Morgan fingerprint density at radius 1 is 1.15 bits per heavy atom. The van der Waals surface area contributed by atoms with Gasteiger partial charge in [0, 0.05) is 6.26 Å². The first kappa shape index (κ1) is 23.0. The number of hydrazone groups is 1. The second-order valence-electron chi connectivity index (χ2n) is 6.86. The third-order valence-corrected chi connectivity index (χ3v) is 7.25. The van der Waals surface area contributed by atoms with Crippen molar-refractivity contribution in [1.82, 2.24) is 5.01 Å². The lowest BCUT2D eigenvalue weighted by molar-refractivity contribution is -0.114. The van der Waals surface area contributed by atoms with Gasteiger partial charge in [-0.1, -0.05) is 35.9 Å². The molecule has 0 spiro atoms. The molecule has 0 atom stereocenters. The molecule has 2 aromatic rings. The number of fused-ring (bicyclic) bond motifs is 1. The number of carbonyl (C=O) groups excluding carboxylic acids is 1. The number of nitrogens with zero attached hydrogens (tertiary/aromatic N) is 3. The predicted octanol–water partition coefficient (Wildman–Crippen LogP) is 3.42. The molecule has 2 heterocycles. The number of benzene rings is 2. The summed E-state index contributed by atoms with van der Waals surface area (Å²) in [7, 11) is -3.59. The molecule has 0 bridgehead atoms. The molecule has 2 aliphatic heterocycles. The molecule has 2 aliphatic rings. The molecule has 33 heavy (non-hydrogen) atoms. The topological polar surface area (TPSA) is 121 Å². The maximum atomic E-state index is 12.4. The van der Waals surface area contributed by atoms with Crippen LogP contribution in [0.1, 0.15) is 5.56 Å². The first-order valence-electron chi connectivity index (χ1n) is 9.53. The Bertz CT molecular complexity index is 1320. The van der Waals surface area contributed by atoms with Crippen LogP contribution in [0.4, 0.5) is 0 Å². The fourth-order valence-electron chi connectivity index (χ4n) is 2.84. The molecule has 0 fully saturated rings. The van der Waals surface area contributed by atoms with E-state index in [9.17, 15) is 13.2 Å². The summed E-state index contributed by atoms with van der Waals surface area (Å²) < 4.78 is 34.5. The monoisotopic (exact) mass is 504 g/mol. The molecular formula is C21H17ClN4O5S2. The van der Waals surface area contributed by atoms with Crippen molar-refractivity contribution in [3.8, 4) is 11.5 Å². The normalized spacial score (nSPS) is 17.0. The third-order valence-electron chi connectivity index (χ3n) is 4.37. The van der Waals surface area contributed by atoms with Crippen molar-refractivity contribution >= 4 is 60.6 Å². The van der Waals surface area contributed by atoms with Crippen molar-refractivity contribution in [1.29, 1.82) is 5.41 Å². The fraction of sp³-hybridized carbons (Fsp3) is 0.143. The number of hydrogen-bond donors (Lipinski definition) is 1. The summed E-state index contributed by atoms with van der Waals surface area (Å²) in [6.45, 7) is 0.616. The van der Waals surface area contributed by atoms with Crippen LogP contribution in [0, 0.1) is 5.41 Å². The highest BCUT2D eigenvalue weighted by atomic mass is 35.5. The second-order valence-corrected chi connectivity index (χ2v) is 10.4. The zero-order chi connectivity index (χ0) is 23.6. The van der Waals surface area contributed by atoms with Crippen LogP contribution in [-0.2, 0) is 14.6 Å². The van der Waals surface area contributed by atoms with Crippen LogP contribution in [0.2, 0.25) is 5.02 Å². The van der Waals surface area contributed by atoms with Gasteiger partial charge in [0.25, 0.3) is 5.91 Å². The summed E-state index contributed by atoms with van der Waals surface area (Å²) in [5.74, 6) is 0.243. The van der Waals surface area contributed by atoms with E-state index in [0.717, 1.165) is 28.8 Å². The Kier molecular flexibility index (Phi) is 6.54. The van der Waals surface area contributed by atoms with Crippen LogP contribution in [0.25, 0.3) is 6.08 Å². The summed E-state index contributed by atoms with van der Waals surface area (Å²) in [4.78, 5) is 16.3. The molecule has 0 aliphatic carbocycles. The Labute approximate surface area is 199 Å². The van der Waals surface area contributed by atoms with E-state index in [1.165, 1.54) is 6.08 Å². The highest BCUT2D eigenvalue weighted by molar-refractivity contribution is 8.42. The average Bonchev–Trinajstić information content (AvgIpc) is 3.21. The molecule has 0 unspecified atom stereocenters. The number of carbonyl (C=O) groups is 1. The van der Waals surface area contributed by atoms with Gasteiger partial charge in [0.1, 0.15) is 24.7 Å². The molecular weight excluding hydrogens is 488 g/mol. The van der Waals surface area contributed by atoms with Gasteiger partial charge in [-0.2, -0.15) is 10.0 Å². The average molecular weight is 505 g/mol. The van der Waals surface area contributed by atoms with E-state index in [1.807, 2.05) is 30.3 Å². The van der Waals surface area contributed by atoms with Crippen molar-refractivity contribution in [2.45, 2.75) is 0 Å². The van der Waals surface area contributed by atoms with Gasteiger partial charge in [-0.15, -0.1) is 5.10 Å². The number of ether oxygens (including phenoxy) is 2. The molecule has 2 aromatic carbocycles. The molecule has 0 saturated carbocycles. The van der Waals surface area contributed by atoms with Gasteiger partial charge in [-0.05, 0) is 47.7 Å². The molecule has 0 saturated heterocycles. The number of aliphatic imine (C=N–C) groups is 1. The van der Waals surface area contributed by atoms with E-state index in [-0.39, 0.29) is 27.6 Å². The molecule has 1 amide bonds. The highest BCUT2D eigenvalue weighted by Gasteiger charge is 2.38. The van der Waals surface area contributed by atoms with Crippen molar-refractivity contribution in [3.05, 3.63) is 64.7 Å². The summed E-state index contributed by atoms with van der Waals surface area (Å²) in [5, 5.41) is 13.6. The largest absolute Gasteiger partial charge is 0.490 e. The van der Waals surface area contributed by atoms with Crippen LogP contribution in [0.3, 0.4) is 0 Å². The molecule has 170 valence electrons. The maximum Gasteiger partial charge on any atom is 0.283 e. The van der Waals surface area contributed by atoms with Gasteiger partial charge in [0.2, 0.25) is 19.4 Å². The van der Waals surface area contributed by atoms with E-state index < -0.39 is 15.7 Å². The minimum Gasteiger partial charge on any atom is -0.490 e. The zero-order valence-electron chi connectivity index (χ0n) is 17.2. The summed E-state index contributed by atoms with van der Waals surface area (Å²) in [6.07, 6.45) is 2.44. The number of hydrogen-bond acceptors (Lipinski definition) is 8. The molecule has 0 aromatic heterocycles. The molecule has 1 N–H and O–H groups in total. The fourth-order valence-corrected chi connectivity index (χ4v) is 4.77. The summed E-state index contributed by atoms with van der Waals surface area (Å²) in [5.41, 5.74) is 0.498. The van der Waals surface area contributed by atoms with Crippen LogP contribution < -0.4 is 9.47 Å². The van der Waals surface area contributed by atoms with E-state index in [1.54, 1.807) is 18.2 Å². The molecule has 12 heteroatoms. The van der Waals surface area contributed by atoms with Crippen LogP contribution in [0.5, 0.6) is 11.5 Å². The van der Waals surface area contributed by atoms with Gasteiger partial charge in [0.05, 0.1) is 10.6 Å². The number of amidine groups is 2. The predicted molar refractivity (Wildman–Crippen MR) is 129 cm³/mol. The van der Waals surface area contributed by atoms with Crippen molar-refractivity contribution in [2.75, 3.05) is 19.5 Å². The number of para-hydroxylation sites is 1. The molecule has 0 radical (unpaired) electrons. The Hall–Kier alpha value is -3.15. The van der Waals surface area contributed by atoms with E-state index in [0.29, 0.717) is 22.9 Å². The van der Waals surface area contributed by atoms with Crippen molar-refractivity contribution in [2.24, 2.45) is 10.1 Å². The second kappa shape index (κ2) is 9.38. The number of rotatable bonds is 6. The van der Waals surface area contributed by atoms with Crippen LogP contribution >= 0.6 is 23.4 Å². The zero-order valence-corrected chi connectivity index (χ0v) is 19.6. The molecule has 9 nitrogen and oxygen atoms in total. The lowest BCUT2D eigenvalue weighted by atomic mass is 10.1. The minimum absolute atomic E-state index is 0.0297. The smallest absolute Gasteiger partial charge is 0.283 e. The van der Waals surface area contributed by atoms with Crippen LogP contribution in [0.15, 0.2) is 64.2 Å². The number of thioether (sulfide) groups is 1.